The van der Waals surface area contributed by atoms with Gasteiger partial charge in [0.15, 0.2) is 5.78 Å². The molecule has 2 fully saturated rings. The van der Waals surface area contributed by atoms with Gasteiger partial charge in [-0.05, 0) is 48.5 Å². The molecule has 0 spiro atoms. The van der Waals surface area contributed by atoms with Crippen LogP contribution in [0, 0.1) is 11.8 Å². The van der Waals surface area contributed by atoms with Crippen LogP contribution in [0.15, 0.2) is 97.1 Å². The zero-order chi connectivity index (χ0) is 29.2. The van der Waals surface area contributed by atoms with Crippen LogP contribution in [0.2, 0.25) is 0 Å². The Morgan fingerprint density at radius 3 is 0.905 bits per heavy atom. The van der Waals surface area contributed by atoms with Crippen molar-refractivity contribution in [3.05, 3.63) is 119 Å². The predicted molar refractivity (Wildman–Crippen MR) is 159 cm³/mol. The van der Waals surface area contributed by atoms with Crippen LogP contribution in [0.3, 0.4) is 0 Å². The molecule has 7 heteroatoms. The van der Waals surface area contributed by atoms with Crippen molar-refractivity contribution in [1.29, 1.82) is 0 Å². The molecule has 2 saturated heterocycles. The van der Waals surface area contributed by atoms with Crippen molar-refractivity contribution >= 4 is 5.78 Å². The molecule has 2 unspecified atom stereocenters. The highest BCUT2D eigenvalue weighted by molar-refractivity contribution is 5.88. The molecule has 0 radical (unpaired) electrons. The van der Waals surface area contributed by atoms with Crippen molar-refractivity contribution in [3.8, 4) is 23.0 Å². The number of hydrogen-bond donors (Lipinski definition) is 2. The summed E-state index contributed by atoms with van der Waals surface area (Å²) in [6, 6.07) is 31.3. The number of ether oxygens (including phenoxy) is 4. The molecular formula is C35H38N2O5+2. The lowest BCUT2D eigenvalue weighted by Crippen LogP contribution is -3.02. The van der Waals surface area contributed by atoms with Crippen molar-refractivity contribution in [1.82, 2.24) is 0 Å². The normalized spacial score (nSPS) is 25.0. The lowest BCUT2D eigenvalue weighted by molar-refractivity contribution is -0.815. The smallest absolute Gasteiger partial charge is 0.164 e. The third kappa shape index (κ3) is 4.68. The molecule has 4 aromatic rings. The minimum absolute atomic E-state index is 0.204. The molecule has 0 aliphatic carbocycles. The number of quaternary nitrogens is 2. The molecule has 2 heterocycles. The average molecular weight is 567 g/mol. The van der Waals surface area contributed by atoms with Gasteiger partial charge in [-0.3, -0.25) is 4.79 Å². The van der Waals surface area contributed by atoms with Crippen molar-refractivity contribution in [2.75, 3.05) is 28.4 Å². The third-order valence-corrected chi connectivity index (χ3v) is 9.03. The van der Waals surface area contributed by atoms with Crippen LogP contribution in [0.25, 0.3) is 0 Å². The summed E-state index contributed by atoms with van der Waals surface area (Å²) in [4.78, 5) is 15.1. The molecule has 216 valence electrons. The first-order valence-corrected chi connectivity index (χ1v) is 14.4. The first kappa shape index (κ1) is 27.8. The minimum Gasteiger partial charge on any atom is -0.496 e. The number of nitrogens with two attached hydrogens (primary N) is 2. The quantitative estimate of drug-likeness (QED) is 0.338. The van der Waals surface area contributed by atoms with Gasteiger partial charge in [-0.2, -0.15) is 0 Å². The molecule has 4 aromatic carbocycles. The van der Waals surface area contributed by atoms with E-state index in [4.69, 9.17) is 18.9 Å². The van der Waals surface area contributed by atoms with Crippen LogP contribution in [0.1, 0.15) is 46.4 Å². The van der Waals surface area contributed by atoms with E-state index < -0.39 is 0 Å². The first-order valence-electron chi connectivity index (χ1n) is 14.4. The van der Waals surface area contributed by atoms with E-state index in [1.165, 1.54) is 0 Å². The maximum absolute atomic E-state index is 15.1. The van der Waals surface area contributed by atoms with Gasteiger partial charge in [0.1, 0.15) is 59.0 Å². The SMILES string of the molecule is COc1ccccc1[C@H]1[NH2+][C@H](c2ccccc2OC)C2C(=O)C1[C@@H](c1ccccc1OC)[NH2+][C@H]2c1ccccc1OC. The Kier molecular flexibility index (Phi) is 7.87. The minimum atomic E-state index is -0.348. The standard InChI is InChI=1S/C35H36N2O5/c1-39-25-17-9-5-13-21(25)31-29-32(22-14-6-10-18-26(22)40-2)37-34(24-16-8-12-20-28(24)42-4)30(35(29)38)33(36-31)23-15-7-11-19-27(23)41-3/h5-20,29-34,36-37H,1-4H3/p+2/t29?,30?,31-,32-,33-,34+/m1/s1. The Labute approximate surface area is 246 Å². The summed E-state index contributed by atoms with van der Waals surface area (Å²) >= 11 is 0. The summed E-state index contributed by atoms with van der Waals surface area (Å²) in [6.45, 7) is 0. The fourth-order valence-electron chi connectivity index (χ4n) is 7.26. The van der Waals surface area contributed by atoms with Gasteiger partial charge in [-0.1, -0.05) is 48.5 Å². The van der Waals surface area contributed by atoms with Crippen LogP contribution >= 0.6 is 0 Å². The van der Waals surface area contributed by atoms with E-state index in [9.17, 15) is 0 Å². The van der Waals surface area contributed by atoms with Crippen LogP contribution in [0.5, 0.6) is 23.0 Å². The van der Waals surface area contributed by atoms with Crippen LogP contribution < -0.4 is 29.6 Å². The lowest BCUT2D eigenvalue weighted by Gasteiger charge is -2.48. The maximum atomic E-state index is 15.1. The van der Waals surface area contributed by atoms with Crippen LogP contribution in [0.4, 0.5) is 0 Å². The Morgan fingerprint density at radius 2 is 0.667 bits per heavy atom. The number of benzene rings is 4. The van der Waals surface area contributed by atoms with E-state index >= 15 is 4.79 Å². The molecule has 0 aromatic heterocycles. The number of hydrogen-bond acceptors (Lipinski definition) is 5. The van der Waals surface area contributed by atoms with Gasteiger partial charge in [-0.25, -0.2) is 0 Å². The second kappa shape index (κ2) is 11.9. The summed E-state index contributed by atoms with van der Waals surface area (Å²) < 4.78 is 23.4. The van der Waals surface area contributed by atoms with E-state index in [0.29, 0.717) is 0 Å². The van der Waals surface area contributed by atoms with Crippen LogP contribution in [-0.2, 0) is 4.79 Å². The van der Waals surface area contributed by atoms with E-state index in [1.807, 2.05) is 72.8 Å². The van der Waals surface area contributed by atoms with E-state index in [0.717, 1.165) is 45.3 Å². The average Bonchev–Trinajstić information content (AvgIpc) is 3.05. The second-order valence-corrected chi connectivity index (χ2v) is 10.9. The van der Waals surface area contributed by atoms with E-state index in [-0.39, 0.29) is 41.8 Å². The molecule has 4 N–H and O–H groups in total. The number of piperidine rings is 2. The highest BCUT2D eigenvalue weighted by atomic mass is 16.5. The number of ketones is 1. The number of rotatable bonds is 8. The molecule has 2 bridgehead atoms. The molecule has 0 saturated carbocycles. The van der Waals surface area contributed by atoms with Crippen molar-refractivity contribution in [2.24, 2.45) is 11.8 Å². The Bertz CT molecular complexity index is 1350. The molecule has 2 aliphatic heterocycles. The number of carbonyl (C=O) groups excluding carboxylic acids is 1. The van der Waals surface area contributed by atoms with Crippen molar-refractivity contribution < 1.29 is 34.4 Å². The van der Waals surface area contributed by atoms with Crippen molar-refractivity contribution in [2.45, 2.75) is 24.2 Å². The Hall–Kier alpha value is -4.33. The van der Waals surface area contributed by atoms with Gasteiger partial charge in [0, 0.05) is 0 Å². The zero-order valence-electron chi connectivity index (χ0n) is 24.4. The molecular weight excluding hydrogens is 528 g/mol. The largest absolute Gasteiger partial charge is 0.496 e. The van der Waals surface area contributed by atoms with Gasteiger partial charge in [0.05, 0.1) is 50.7 Å². The fraction of sp³-hybridized carbons (Fsp3) is 0.286. The lowest BCUT2D eigenvalue weighted by atomic mass is 9.63. The number of fused-ring (bicyclic) bond motifs is 2. The zero-order valence-corrected chi connectivity index (χ0v) is 24.4. The van der Waals surface area contributed by atoms with Gasteiger partial charge >= 0.3 is 0 Å². The Morgan fingerprint density at radius 1 is 0.429 bits per heavy atom. The van der Waals surface area contributed by atoms with Crippen molar-refractivity contribution in [3.63, 3.8) is 0 Å². The predicted octanol–water partition coefficient (Wildman–Crippen LogP) is 3.94. The summed E-state index contributed by atoms with van der Waals surface area (Å²) in [5, 5.41) is 4.73. The number of para-hydroxylation sites is 4. The van der Waals surface area contributed by atoms with Gasteiger partial charge in [-0.15, -0.1) is 0 Å². The number of carbonyl (C=O) groups is 1. The Balaban J connectivity index is 1.59. The van der Waals surface area contributed by atoms with Gasteiger partial charge in [0.25, 0.3) is 0 Å². The molecule has 6 rings (SSSR count). The molecule has 0 amide bonds. The molecule has 6 atom stereocenters. The van der Waals surface area contributed by atoms with Crippen LogP contribution in [-0.4, -0.2) is 34.2 Å². The summed E-state index contributed by atoms with van der Waals surface area (Å²) in [6.07, 6.45) is 0. The monoisotopic (exact) mass is 566 g/mol. The topological polar surface area (TPSA) is 87.2 Å². The highest BCUT2D eigenvalue weighted by Gasteiger charge is 2.62. The maximum Gasteiger partial charge on any atom is 0.164 e. The summed E-state index contributed by atoms with van der Waals surface area (Å²) in [5.74, 6) is 2.62. The second-order valence-electron chi connectivity index (χ2n) is 10.9. The third-order valence-electron chi connectivity index (χ3n) is 9.03. The summed E-state index contributed by atoms with van der Waals surface area (Å²) in [5.41, 5.74) is 4.00. The number of Topliss-reactive ketones (excluding diaryl/α,β-unsaturated/α-hetero) is 1. The molecule has 2 aliphatic rings. The summed E-state index contributed by atoms with van der Waals surface area (Å²) in [7, 11) is 6.75. The molecule has 7 nitrogen and oxygen atoms in total. The molecule has 42 heavy (non-hydrogen) atoms. The highest BCUT2D eigenvalue weighted by Crippen LogP contribution is 2.49. The fourth-order valence-corrected chi connectivity index (χ4v) is 7.26. The van der Waals surface area contributed by atoms with E-state index in [1.54, 1.807) is 28.4 Å². The van der Waals surface area contributed by atoms with Gasteiger partial charge < -0.3 is 29.6 Å². The van der Waals surface area contributed by atoms with Gasteiger partial charge in [0.2, 0.25) is 0 Å². The number of methoxy groups -OCH3 is 4. The van der Waals surface area contributed by atoms with E-state index in [2.05, 4.69) is 34.9 Å². The first-order chi connectivity index (χ1) is 20.6.